The SMILES string of the molecule is c1ccc2c(-c3ccc(C4OCCO4)cc3)cccc2c1. The van der Waals surface area contributed by atoms with Crippen molar-refractivity contribution in [1.29, 1.82) is 0 Å². The van der Waals surface area contributed by atoms with Gasteiger partial charge in [0.05, 0.1) is 13.2 Å². The molecule has 1 saturated heterocycles. The largest absolute Gasteiger partial charge is 0.346 e. The van der Waals surface area contributed by atoms with Crippen LogP contribution in [0.2, 0.25) is 0 Å². The third-order valence-corrected chi connectivity index (χ3v) is 3.91. The first-order valence-electron chi connectivity index (χ1n) is 7.23. The molecule has 0 aliphatic carbocycles. The zero-order valence-corrected chi connectivity index (χ0v) is 11.7. The summed E-state index contributed by atoms with van der Waals surface area (Å²) >= 11 is 0. The number of fused-ring (bicyclic) bond motifs is 1. The molecule has 0 unspecified atom stereocenters. The molecule has 1 aliphatic heterocycles. The van der Waals surface area contributed by atoms with Gasteiger partial charge in [0.2, 0.25) is 0 Å². The monoisotopic (exact) mass is 276 g/mol. The van der Waals surface area contributed by atoms with Crippen LogP contribution in [0.5, 0.6) is 0 Å². The summed E-state index contributed by atoms with van der Waals surface area (Å²) in [5, 5.41) is 2.54. The first-order chi connectivity index (χ1) is 10.4. The third-order valence-electron chi connectivity index (χ3n) is 3.91. The van der Waals surface area contributed by atoms with E-state index in [2.05, 4.69) is 66.7 Å². The summed E-state index contributed by atoms with van der Waals surface area (Å²) in [6.45, 7) is 1.35. The number of benzene rings is 3. The molecular weight excluding hydrogens is 260 g/mol. The van der Waals surface area contributed by atoms with Gasteiger partial charge < -0.3 is 9.47 Å². The van der Waals surface area contributed by atoms with Crippen LogP contribution in [0.3, 0.4) is 0 Å². The second-order valence-corrected chi connectivity index (χ2v) is 5.22. The molecule has 1 aliphatic rings. The van der Waals surface area contributed by atoms with E-state index in [1.807, 2.05) is 0 Å². The number of hydrogen-bond acceptors (Lipinski definition) is 2. The molecule has 0 saturated carbocycles. The van der Waals surface area contributed by atoms with Gasteiger partial charge in [0.1, 0.15) is 0 Å². The van der Waals surface area contributed by atoms with Crippen molar-refractivity contribution >= 4 is 10.8 Å². The first-order valence-corrected chi connectivity index (χ1v) is 7.23. The molecule has 104 valence electrons. The highest BCUT2D eigenvalue weighted by Crippen LogP contribution is 2.30. The maximum Gasteiger partial charge on any atom is 0.184 e. The van der Waals surface area contributed by atoms with E-state index in [1.54, 1.807) is 0 Å². The Morgan fingerprint density at radius 1 is 0.714 bits per heavy atom. The van der Waals surface area contributed by atoms with Gasteiger partial charge >= 0.3 is 0 Å². The second kappa shape index (κ2) is 5.32. The lowest BCUT2D eigenvalue weighted by atomic mass is 9.97. The zero-order chi connectivity index (χ0) is 14.1. The summed E-state index contributed by atoms with van der Waals surface area (Å²) in [7, 11) is 0. The van der Waals surface area contributed by atoms with Crippen LogP contribution in [0.25, 0.3) is 21.9 Å². The molecule has 0 amide bonds. The number of ether oxygens (including phenoxy) is 2. The Labute approximate surface area is 123 Å². The molecule has 0 spiro atoms. The lowest BCUT2D eigenvalue weighted by Crippen LogP contribution is -1.97. The summed E-state index contributed by atoms with van der Waals surface area (Å²) in [6.07, 6.45) is -0.202. The van der Waals surface area contributed by atoms with Crippen LogP contribution in [0.15, 0.2) is 66.7 Å². The molecule has 0 aromatic heterocycles. The fraction of sp³-hybridized carbons (Fsp3) is 0.158. The Morgan fingerprint density at radius 2 is 1.43 bits per heavy atom. The molecule has 0 radical (unpaired) electrons. The Kier molecular flexibility index (Phi) is 3.18. The van der Waals surface area contributed by atoms with E-state index in [9.17, 15) is 0 Å². The minimum Gasteiger partial charge on any atom is -0.346 e. The number of rotatable bonds is 2. The Balaban J connectivity index is 1.75. The van der Waals surface area contributed by atoms with E-state index >= 15 is 0 Å². The van der Waals surface area contributed by atoms with Crippen molar-refractivity contribution < 1.29 is 9.47 Å². The second-order valence-electron chi connectivity index (χ2n) is 5.22. The quantitative estimate of drug-likeness (QED) is 0.683. The Morgan fingerprint density at radius 3 is 2.24 bits per heavy atom. The molecule has 2 heteroatoms. The van der Waals surface area contributed by atoms with Crippen LogP contribution in [0.4, 0.5) is 0 Å². The molecule has 0 bridgehead atoms. The highest BCUT2D eigenvalue weighted by molar-refractivity contribution is 5.96. The molecule has 0 N–H and O–H groups in total. The van der Waals surface area contributed by atoms with E-state index in [4.69, 9.17) is 9.47 Å². The van der Waals surface area contributed by atoms with Crippen LogP contribution in [0, 0.1) is 0 Å². The van der Waals surface area contributed by atoms with Crippen molar-refractivity contribution in [3.63, 3.8) is 0 Å². The van der Waals surface area contributed by atoms with E-state index < -0.39 is 0 Å². The van der Waals surface area contributed by atoms with Gasteiger partial charge in [-0.1, -0.05) is 66.7 Å². The summed E-state index contributed by atoms with van der Waals surface area (Å²) in [5.74, 6) is 0. The standard InChI is InChI=1S/C19H16O2/c1-2-6-17-14(4-1)5-3-7-18(17)15-8-10-16(11-9-15)19-20-12-13-21-19/h1-11,19H,12-13H2. The van der Waals surface area contributed by atoms with Crippen molar-refractivity contribution in [3.05, 3.63) is 72.3 Å². The fourth-order valence-corrected chi connectivity index (χ4v) is 2.85. The van der Waals surface area contributed by atoms with Crippen LogP contribution >= 0.6 is 0 Å². The van der Waals surface area contributed by atoms with Crippen molar-refractivity contribution in [2.45, 2.75) is 6.29 Å². The lowest BCUT2D eigenvalue weighted by molar-refractivity contribution is -0.0441. The molecule has 0 atom stereocenters. The van der Waals surface area contributed by atoms with Crippen molar-refractivity contribution in [2.24, 2.45) is 0 Å². The maximum absolute atomic E-state index is 5.53. The Hall–Kier alpha value is -2.16. The van der Waals surface area contributed by atoms with Gasteiger partial charge in [-0.25, -0.2) is 0 Å². The maximum atomic E-state index is 5.53. The minimum absolute atomic E-state index is 0.202. The van der Waals surface area contributed by atoms with Crippen LogP contribution < -0.4 is 0 Å². The third kappa shape index (κ3) is 2.33. The molecular formula is C19H16O2. The van der Waals surface area contributed by atoms with Gasteiger partial charge in [0, 0.05) is 5.56 Å². The van der Waals surface area contributed by atoms with Gasteiger partial charge in [0.25, 0.3) is 0 Å². The van der Waals surface area contributed by atoms with Crippen LogP contribution in [-0.4, -0.2) is 13.2 Å². The number of hydrogen-bond donors (Lipinski definition) is 0. The average Bonchev–Trinajstić information content (AvgIpc) is 3.09. The molecule has 1 fully saturated rings. The highest BCUT2D eigenvalue weighted by atomic mass is 16.7. The molecule has 3 aromatic rings. The van der Waals surface area contributed by atoms with E-state index in [0.717, 1.165) is 5.56 Å². The normalized spacial score (nSPS) is 15.6. The molecule has 2 nitrogen and oxygen atoms in total. The summed E-state index contributed by atoms with van der Waals surface area (Å²) in [5.41, 5.74) is 3.55. The lowest BCUT2D eigenvalue weighted by Gasteiger charge is -2.11. The molecule has 1 heterocycles. The van der Waals surface area contributed by atoms with Crippen molar-refractivity contribution in [2.75, 3.05) is 13.2 Å². The summed E-state index contributed by atoms with van der Waals surface area (Å²) in [4.78, 5) is 0. The highest BCUT2D eigenvalue weighted by Gasteiger charge is 2.17. The van der Waals surface area contributed by atoms with Crippen molar-refractivity contribution in [1.82, 2.24) is 0 Å². The van der Waals surface area contributed by atoms with Crippen molar-refractivity contribution in [3.8, 4) is 11.1 Å². The topological polar surface area (TPSA) is 18.5 Å². The predicted molar refractivity (Wildman–Crippen MR) is 84.0 cm³/mol. The van der Waals surface area contributed by atoms with E-state index in [1.165, 1.54) is 21.9 Å². The predicted octanol–water partition coefficient (Wildman–Crippen LogP) is 4.55. The van der Waals surface area contributed by atoms with Crippen LogP contribution in [-0.2, 0) is 9.47 Å². The zero-order valence-electron chi connectivity index (χ0n) is 11.7. The fourth-order valence-electron chi connectivity index (χ4n) is 2.85. The van der Waals surface area contributed by atoms with Gasteiger partial charge in [-0.05, 0) is 21.9 Å². The van der Waals surface area contributed by atoms with Gasteiger partial charge in [-0.15, -0.1) is 0 Å². The summed E-state index contributed by atoms with van der Waals surface area (Å²) < 4.78 is 11.1. The molecule has 21 heavy (non-hydrogen) atoms. The van der Waals surface area contributed by atoms with Gasteiger partial charge in [-0.2, -0.15) is 0 Å². The molecule has 4 rings (SSSR count). The minimum atomic E-state index is -0.202. The average molecular weight is 276 g/mol. The molecule has 3 aromatic carbocycles. The smallest absolute Gasteiger partial charge is 0.184 e. The van der Waals surface area contributed by atoms with E-state index in [-0.39, 0.29) is 6.29 Å². The van der Waals surface area contributed by atoms with Gasteiger partial charge in [-0.3, -0.25) is 0 Å². The Bertz CT molecular complexity index is 751. The van der Waals surface area contributed by atoms with Gasteiger partial charge in [0.15, 0.2) is 6.29 Å². The summed E-state index contributed by atoms with van der Waals surface area (Å²) in [6, 6.07) is 23.4. The van der Waals surface area contributed by atoms with Crippen LogP contribution in [0.1, 0.15) is 11.9 Å². The van der Waals surface area contributed by atoms with E-state index in [0.29, 0.717) is 13.2 Å². The first kappa shape index (κ1) is 12.6.